The van der Waals surface area contributed by atoms with Gasteiger partial charge in [-0.05, 0) is 61.9 Å². The van der Waals surface area contributed by atoms with Gasteiger partial charge in [0.1, 0.15) is 5.82 Å². The molecule has 2 N–H and O–H groups in total. The van der Waals surface area contributed by atoms with E-state index in [9.17, 15) is 18.8 Å². The van der Waals surface area contributed by atoms with E-state index in [0.717, 1.165) is 35.1 Å². The number of aromatic nitrogens is 1. The molecule has 1 aromatic heterocycles. The zero-order valence-corrected chi connectivity index (χ0v) is 22.6. The van der Waals surface area contributed by atoms with Crippen LogP contribution in [0.2, 0.25) is 0 Å². The van der Waals surface area contributed by atoms with Crippen molar-refractivity contribution in [1.82, 2.24) is 15.2 Å². The Morgan fingerprint density at radius 2 is 1.90 bits per heavy atom. The SMILES string of the molecule is CCOC(=O)C1=CN(C(=O)c2ccc(F)cc2)CC(C)(C)c2c1[nH]c1cc(N(C)C(=O)C3CCNC3)ccc21. The van der Waals surface area contributed by atoms with Gasteiger partial charge >= 0.3 is 5.97 Å². The molecule has 1 fully saturated rings. The maximum absolute atomic E-state index is 13.5. The van der Waals surface area contributed by atoms with Crippen LogP contribution < -0.4 is 10.2 Å². The van der Waals surface area contributed by atoms with Crippen LogP contribution in [0.3, 0.4) is 0 Å². The van der Waals surface area contributed by atoms with Crippen molar-refractivity contribution in [3.8, 4) is 0 Å². The van der Waals surface area contributed by atoms with Gasteiger partial charge in [0.2, 0.25) is 5.91 Å². The molecule has 0 saturated carbocycles. The monoisotopic (exact) mass is 532 g/mol. The van der Waals surface area contributed by atoms with Crippen molar-refractivity contribution in [2.75, 3.05) is 38.2 Å². The number of rotatable bonds is 5. The third-order valence-electron chi connectivity index (χ3n) is 7.55. The standard InChI is InChI=1S/C30H33FN4O4/c1-5-39-29(38)23-16-35(28(37)18-6-8-20(31)9-7-18)17-30(2,3)25-22-11-10-21(14-24(22)33-26(23)25)34(4)27(36)19-12-13-32-15-19/h6-11,14,16,19,32-33H,5,12-13,15,17H2,1-4H3. The Labute approximate surface area is 226 Å². The molecular formula is C30H33FN4O4. The van der Waals surface area contributed by atoms with Gasteiger partial charge < -0.3 is 24.8 Å². The van der Waals surface area contributed by atoms with E-state index in [2.05, 4.69) is 10.3 Å². The molecule has 2 amide bonds. The van der Waals surface area contributed by atoms with Crippen molar-refractivity contribution in [2.24, 2.45) is 5.92 Å². The number of hydrogen-bond donors (Lipinski definition) is 2. The fraction of sp³-hybridized carbons (Fsp3) is 0.367. The molecule has 3 heterocycles. The van der Waals surface area contributed by atoms with E-state index in [0.29, 0.717) is 17.8 Å². The Morgan fingerprint density at radius 1 is 1.15 bits per heavy atom. The zero-order valence-electron chi connectivity index (χ0n) is 22.6. The zero-order chi connectivity index (χ0) is 27.9. The van der Waals surface area contributed by atoms with Crippen LogP contribution in [0.5, 0.6) is 0 Å². The Bertz CT molecular complexity index is 1470. The van der Waals surface area contributed by atoms with Crippen LogP contribution in [0.4, 0.5) is 10.1 Å². The number of benzene rings is 2. The fourth-order valence-corrected chi connectivity index (χ4v) is 5.59. The number of ether oxygens (including phenoxy) is 1. The Morgan fingerprint density at radius 3 is 2.56 bits per heavy atom. The lowest BCUT2D eigenvalue weighted by molar-refractivity contribution is -0.136. The molecule has 2 aliphatic rings. The Hall–Kier alpha value is -3.98. The van der Waals surface area contributed by atoms with Crippen molar-refractivity contribution >= 4 is 39.9 Å². The summed E-state index contributed by atoms with van der Waals surface area (Å²) in [5, 5.41) is 4.14. The van der Waals surface area contributed by atoms with Crippen LogP contribution in [-0.4, -0.2) is 61.0 Å². The van der Waals surface area contributed by atoms with Crippen LogP contribution in [0, 0.1) is 11.7 Å². The molecule has 0 spiro atoms. The summed E-state index contributed by atoms with van der Waals surface area (Å²) in [5.74, 6) is -1.31. The number of hydrogen-bond acceptors (Lipinski definition) is 5. The quantitative estimate of drug-likeness (QED) is 0.480. The Kier molecular flexibility index (Phi) is 7.03. The van der Waals surface area contributed by atoms with Crippen molar-refractivity contribution < 1.29 is 23.5 Å². The molecule has 39 heavy (non-hydrogen) atoms. The largest absolute Gasteiger partial charge is 0.462 e. The summed E-state index contributed by atoms with van der Waals surface area (Å²) in [4.78, 5) is 46.3. The average Bonchev–Trinajstić information content (AvgIpc) is 3.56. The summed E-state index contributed by atoms with van der Waals surface area (Å²) in [7, 11) is 1.78. The van der Waals surface area contributed by atoms with E-state index < -0.39 is 17.2 Å². The lowest BCUT2D eigenvalue weighted by Crippen LogP contribution is -2.37. The molecule has 1 atom stereocenters. The number of anilines is 1. The minimum absolute atomic E-state index is 0.0482. The van der Waals surface area contributed by atoms with Gasteiger partial charge in [-0.1, -0.05) is 19.9 Å². The molecule has 0 bridgehead atoms. The number of aromatic amines is 1. The third-order valence-corrected chi connectivity index (χ3v) is 7.55. The van der Waals surface area contributed by atoms with Gasteiger partial charge in [0.25, 0.3) is 5.91 Å². The molecule has 204 valence electrons. The summed E-state index contributed by atoms with van der Waals surface area (Å²) in [6, 6.07) is 11.1. The molecule has 5 rings (SSSR count). The molecule has 2 aliphatic heterocycles. The summed E-state index contributed by atoms with van der Waals surface area (Å²) >= 11 is 0. The van der Waals surface area contributed by atoms with Gasteiger partial charge in [0.15, 0.2) is 0 Å². The van der Waals surface area contributed by atoms with E-state index in [-0.39, 0.29) is 36.5 Å². The topological polar surface area (TPSA) is 94.7 Å². The third kappa shape index (κ3) is 4.94. The molecule has 1 unspecified atom stereocenters. The predicted octanol–water partition coefficient (Wildman–Crippen LogP) is 4.22. The van der Waals surface area contributed by atoms with Gasteiger partial charge in [-0.15, -0.1) is 0 Å². The first kappa shape index (κ1) is 26.6. The number of nitrogens with zero attached hydrogens (tertiary/aromatic N) is 2. The summed E-state index contributed by atoms with van der Waals surface area (Å²) in [5.41, 5.74) is 2.96. The lowest BCUT2D eigenvalue weighted by atomic mass is 9.81. The number of esters is 1. The van der Waals surface area contributed by atoms with Crippen LogP contribution in [0.15, 0.2) is 48.7 Å². The van der Waals surface area contributed by atoms with E-state index in [1.165, 1.54) is 35.4 Å². The minimum atomic E-state index is -0.577. The highest BCUT2D eigenvalue weighted by molar-refractivity contribution is 6.18. The molecule has 9 heteroatoms. The first-order chi connectivity index (χ1) is 18.6. The maximum Gasteiger partial charge on any atom is 0.341 e. The van der Waals surface area contributed by atoms with Crippen LogP contribution in [0.25, 0.3) is 16.5 Å². The molecule has 3 aromatic rings. The number of carbonyl (C=O) groups excluding carboxylic acids is 3. The first-order valence-corrected chi connectivity index (χ1v) is 13.2. The molecule has 8 nitrogen and oxygen atoms in total. The first-order valence-electron chi connectivity index (χ1n) is 13.2. The van der Waals surface area contributed by atoms with Crippen LogP contribution in [0.1, 0.15) is 48.8 Å². The highest BCUT2D eigenvalue weighted by Crippen LogP contribution is 2.41. The minimum Gasteiger partial charge on any atom is -0.462 e. The second kappa shape index (κ2) is 10.3. The van der Waals surface area contributed by atoms with Crippen molar-refractivity contribution in [3.63, 3.8) is 0 Å². The van der Waals surface area contributed by atoms with Crippen molar-refractivity contribution in [2.45, 2.75) is 32.6 Å². The van der Waals surface area contributed by atoms with Crippen LogP contribution >= 0.6 is 0 Å². The highest BCUT2D eigenvalue weighted by atomic mass is 19.1. The fourth-order valence-electron chi connectivity index (χ4n) is 5.59. The Balaban J connectivity index is 1.59. The van der Waals surface area contributed by atoms with E-state index in [1.807, 2.05) is 32.0 Å². The van der Waals surface area contributed by atoms with Gasteiger partial charge in [0.05, 0.1) is 23.8 Å². The van der Waals surface area contributed by atoms with E-state index in [1.54, 1.807) is 18.9 Å². The highest BCUT2D eigenvalue weighted by Gasteiger charge is 2.38. The van der Waals surface area contributed by atoms with E-state index >= 15 is 0 Å². The average molecular weight is 533 g/mol. The summed E-state index contributed by atoms with van der Waals surface area (Å²) in [6.07, 6.45) is 2.34. The number of fused-ring (bicyclic) bond motifs is 3. The van der Waals surface area contributed by atoms with Gasteiger partial charge in [-0.25, -0.2) is 9.18 Å². The molecule has 1 saturated heterocycles. The lowest BCUT2D eigenvalue weighted by Gasteiger charge is -2.30. The predicted molar refractivity (Wildman–Crippen MR) is 148 cm³/mol. The molecule has 0 radical (unpaired) electrons. The van der Waals surface area contributed by atoms with Gasteiger partial charge in [-0.2, -0.15) is 0 Å². The number of halogens is 1. The number of H-pyrrole nitrogens is 1. The van der Waals surface area contributed by atoms with Crippen molar-refractivity contribution in [1.29, 1.82) is 0 Å². The second-order valence-corrected chi connectivity index (χ2v) is 10.8. The van der Waals surface area contributed by atoms with E-state index in [4.69, 9.17) is 4.74 Å². The normalized spacial score (nSPS) is 18.3. The molecular weight excluding hydrogens is 499 g/mol. The molecule has 2 aromatic carbocycles. The molecule has 0 aliphatic carbocycles. The second-order valence-electron chi connectivity index (χ2n) is 10.8. The van der Waals surface area contributed by atoms with Gasteiger partial charge in [-0.3, -0.25) is 9.59 Å². The number of carbonyl (C=O) groups is 3. The van der Waals surface area contributed by atoms with Gasteiger partial charge in [0, 0.05) is 53.9 Å². The maximum atomic E-state index is 13.5. The summed E-state index contributed by atoms with van der Waals surface area (Å²) in [6.45, 7) is 7.73. The summed E-state index contributed by atoms with van der Waals surface area (Å²) < 4.78 is 18.9. The number of amides is 2. The van der Waals surface area contributed by atoms with Crippen molar-refractivity contribution in [3.05, 3.63) is 71.3 Å². The van der Waals surface area contributed by atoms with Crippen LogP contribution in [-0.2, 0) is 19.7 Å². The number of nitrogens with one attached hydrogen (secondary N) is 2. The smallest absolute Gasteiger partial charge is 0.341 e.